The molecule has 1 aromatic heterocycles. The highest BCUT2D eigenvalue weighted by Gasteiger charge is 2.31. The third-order valence-corrected chi connectivity index (χ3v) is 2.80. The van der Waals surface area contributed by atoms with E-state index in [9.17, 15) is 18.3 Å². The van der Waals surface area contributed by atoms with Gasteiger partial charge in [0.2, 0.25) is 0 Å². The van der Waals surface area contributed by atoms with Crippen LogP contribution in [0, 0.1) is 0 Å². The fourth-order valence-corrected chi connectivity index (χ4v) is 1.78. The van der Waals surface area contributed by atoms with Crippen molar-refractivity contribution in [2.24, 2.45) is 0 Å². The number of alkyl halides is 3. The highest BCUT2D eigenvalue weighted by Crippen LogP contribution is 2.27. The summed E-state index contributed by atoms with van der Waals surface area (Å²) in [6, 6.07) is 5.47. The van der Waals surface area contributed by atoms with E-state index in [-0.39, 0.29) is 12.3 Å². The van der Waals surface area contributed by atoms with Gasteiger partial charge in [-0.2, -0.15) is 5.10 Å². The van der Waals surface area contributed by atoms with Crippen molar-refractivity contribution in [1.29, 1.82) is 0 Å². The van der Waals surface area contributed by atoms with E-state index in [0.29, 0.717) is 17.8 Å². The quantitative estimate of drug-likeness (QED) is 0.922. The largest absolute Gasteiger partial charge is 0.573 e. The number of aliphatic hydroxyl groups excluding tert-OH is 1. The van der Waals surface area contributed by atoms with Crippen LogP contribution in [0.15, 0.2) is 30.6 Å². The van der Waals surface area contributed by atoms with Crippen LogP contribution in [0.4, 0.5) is 13.2 Å². The second kappa shape index (κ2) is 6.13. The predicted molar refractivity (Wildman–Crippen MR) is 68.4 cm³/mol. The van der Waals surface area contributed by atoms with E-state index < -0.39 is 12.5 Å². The molecule has 1 heterocycles. The molecule has 0 spiro atoms. The minimum Gasteiger partial charge on any atom is -0.406 e. The van der Waals surface area contributed by atoms with Crippen molar-refractivity contribution in [2.45, 2.75) is 32.4 Å². The van der Waals surface area contributed by atoms with Gasteiger partial charge in [0.25, 0.3) is 0 Å². The van der Waals surface area contributed by atoms with Crippen LogP contribution in [0.2, 0.25) is 0 Å². The van der Waals surface area contributed by atoms with Gasteiger partial charge in [-0.3, -0.25) is 0 Å². The molecule has 114 valence electrons. The summed E-state index contributed by atoms with van der Waals surface area (Å²) in [7, 11) is 0. The molecule has 0 radical (unpaired) electrons. The number of ether oxygens (including phenoxy) is 1. The average molecular weight is 301 g/mol. The Balaban J connectivity index is 2.26. The number of halogens is 3. The van der Waals surface area contributed by atoms with E-state index in [1.54, 1.807) is 6.07 Å². The van der Waals surface area contributed by atoms with Gasteiger partial charge in [-0.25, -0.2) is 9.67 Å². The Kier molecular flexibility index (Phi) is 4.46. The maximum Gasteiger partial charge on any atom is 0.573 e. The maximum atomic E-state index is 12.2. The number of nitrogens with zero attached hydrogens (tertiary/aromatic N) is 3. The molecule has 0 aliphatic heterocycles. The van der Waals surface area contributed by atoms with Crippen molar-refractivity contribution >= 4 is 0 Å². The molecule has 0 saturated carbocycles. The molecule has 1 atom stereocenters. The van der Waals surface area contributed by atoms with Crippen molar-refractivity contribution < 1.29 is 23.0 Å². The van der Waals surface area contributed by atoms with Gasteiger partial charge in [-0.1, -0.05) is 19.1 Å². The van der Waals surface area contributed by atoms with Crippen molar-refractivity contribution in [3.05, 3.63) is 30.6 Å². The third-order valence-electron chi connectivity index (χ3n) is 2.80. The van der Waals surface area contributed by atoms with E-state index >= 15 is 0 Å². The average Bonchev–Trinajstić information content (AvgIpc) is 2.85. The minimum absolute atomic E-state index is 0.218. The zero-order valence-electron chi connectivity index (χ0n) is 11.2. The van der Waals surface area contributed by atoms with Crippen molar-refractivity contribution in [3.8, 4) is 17.1 Å². The Hall–Kier alpha value is -2.09. The molecular weight excluding hydrogens is 287 g/mol. The molecule has 0 saturated heterocycles. The molecule has 8 heteroatoms. The van der Waals surface area contributed by atoms with Crippen LogP contribution in [0.1, 0.15) is 13.3 Å². The van der Waals surface area contributed by atoms with Crippen molar-refractivity contribution in [2.75, 3.05) is 0 Å². The fourth-order valence-electron chi connectivity index (χ4n) is 1.78. The number of hydrogen-bond acceptors (Lipinski definition) is 4. The molecule has 1 aromatic carbocycles. The predicted octanol–water partition coefficient (Wildman–Crippen LogP) is 2.61. The molecule has 1 unspecified atom stereocenters. The topological polar surface area (TPSA) is 60.2 Å². The SMILES string of the molecule is CCC(O)Cn1ncnc1-c1cccc(OC(F)(F)F)c1. The third kappa shape index (κ3) is 4.19. The first-order valence-corrected chi connectivity index (χ1v) is 6.31. The van der Waals surface area contributed by atoms with Crippen LogP contribution < -0.4 is 4.74 Å². The Morgan fingerprint density at radius 2 is 2.14 bits per heavy atom. The van der Waals surface area contributed by atoms with Gasteiger partial charge in [0, 0.05) is 5.56 Å². The molecule has 0 aliphatic carbocycles. The van der Waals surface area contributed by atoms with E-state index in [1.165, 1.54) is 29.2 Å². The van der Waals surface area contributed by atoms with Crippen LogP contribution in [0.5, 0.6) is 5.75 Å². The number of rotatable bonds is 5. The highest BCUT2D eigenvalue weighted by atomic mass is 19.4. The number of aromatic nitrogens is 3. The molecule has 1 N–H and O–H groups in total. The molecule has 2 rings (SSSR count). The lowest BCUT2D eigenvalue weighted by Gasteiger charge is -2.12. The zero-order valence-corrected chi connectivity index (χ0v) is 11.2. The summed E-state index contributed by atoms with van der Waals surface area (Å²) in [5.41, 5.74) is 0.428. The number of benzene rings is 1. The van der Waals surface area contributed by atoms with Crippen LogP contribution in [0.3, 0.4) is 0 Å². The molecule has 0 aliphatic rings. The Labute approximate surface area is 119 Å². The molecule has 0 fully saturated rings. The lowest BCUT2D eigenvalue weighted by Crippen LogP contribution is -2.17. The van der Waals surface area contributed by atoms with Crippen molar-refractivity contribution in [3.63, 3.8) is 0 Å². The molecule has 5 nitrogen and oxygen atoms in total. The fraction of sp³-hybridized carbons (Fsp3) is 0.385. The minimum atomic E-state index is -4.75. The summed E-state index contributed by atoms with van der Waals surface area (Å²) in [4.78, 5) is 4.02. The first kappa shape index (κ1) is 15.3. The highest BCUT2D eigenvalue weighted by molar-refractivity contribution is 5.57. The van der Waals surface area contributed by atoms with Crippen LogP contribution in [0.25, 0.3) is 11.4 Å². The smallest absolute Gasteiger partial charge is 0.406 e. The first-order chi connectivity index (χ1) is 9.89. The first-order valence-electron chi connectivity index (χ1n) is 6.31. The molecule has 2 aromatic rings. The van der Waals surface area contributed by atoms with Crippen LogP contribution in [-0.4, -0.2) is 32.3 Å². The van der Waals surface area contributed by atoms with Crippen LogP contribution >= 0.6 is 0 Å². The zero-order chi connectivity index (χ0) is 15.5. The normalized spacial score (nSPS) is 13.2. The van der Waals surface area contributed by atoms with Gasteiger partial charge in [-0.15, -0.1) is 13.2 Å². The molecule has 0 amide bonds. The van der Waals surface area contributed by atoms with Gasteiger partial charge >= 0.3 is 6.36 Å². The van der Waals surface area contributed by atoms with Gasteiger partial charge in [0.1, 0.15) is 12.1 Å². The summed E-state index contributed by atoms with van der Waals surface area (Å²) in [5, 5.41) is 13.6. The number of hydrogen-bond donors (Lipinski definition) is 1. The summed E-state index contributed by atoms with van der Waals surface area (Å²) in [6.45, 7) is 2.04. The van der Waals surface area contributed by atoms with E-state index in [4.69, 9.17) is 0 Å². The van der Waals surface area contributed by atoms with E-state index in [1.807, 2.05) is 6.92 Å². The van der Waals surface area contributed by atoms with Gasteiger partial charge in [-0.05, 0) is 18.6 Å². The summed E-state index contributed by atoms with van der Waals surface area (Å²) in [6.07, 6.45) is -3.52. The van der Waals surface area contributed by atoms with Crippen molar-refractivity contribution in [1.82, 2.24) is 14.8 Å². The van der Waals surface area contributed by atoms with Gasteiger partial charge in [0.15, 0.2) is 5.82 Å². The summed E-state index contributed by atoms with van der Waals surface area (Å²) >= 11 is 0. The van der Waals surface area contributed by atoms with Crippen LogP contribution in [-0.2, 0) is 6.54 Å². The molecule has 0 bridgehead atoms. The standard InChI is InChI=1S/C13H14F3N3O2/c1-2-10(20)7-19-12(17-8-18-19)9-4-3-5-11(6-9)21-13(14,15)16/h3-6,8,10,20H,2,7H2,1H3. The van der Waals surface area contributed by atoms with E-state index in [0.717, 1.165) is 0 Å². The maximum absolute atomic E-state index is 12.2. The Bertz CT molecular complexity index is 598. The summed E-state index contributed by atoms with van der Waals surface area (Å²) in [5.74, 6) is 0.0423. The second-order valence-corrected chi connectivity index (χ2v) is 4.40. The Morgan fingerprint density at radius 3 is 2.81 bits per heavy atom. The molecule has 21 heavy (non-hydrogen) atoms. The van der Waals surface area contributed by atoms with E-state index in [2.05, 4.69) is 14.8 Å². The number of aliphatic hydroxyl groups is 1. The lowest BCUT2D eigenvalue weighted by atomic mass is 10.2. The van der Waals surface area contributed by atoms with Gasteiger partial charge in [0.05, 0.1) is 12.6 Å². The van der Waals surface area contributed by atoms with Gasteiger partial charge < -0.3 is 9.84 Å². The molecular formula is C13H14F3N3O2. The second-order valence-electron chi connectivity index (χ2n) is 4.40. The monoisotopic (exact) mass is 301 g/mol. The summed E-state index contributed by atoms with van der Waals surface area (Å²) < 4.78 is 42.0. The Morgan fingerprint density at radius 1 is 1.38 bits per heavy atom. The lowest BCUT2D eigenvalue weighted by molar-refractivity contribution is -0.274.